The van der Waals surface area contributed by atoms with E-state index in [0.29, 0.717) is 0 Å². The van der Waals surface area contributed by atoms with Crippen molar-refractivity contribution in [3.05, 3.63) is 0 Å². The summed E-state index contributed by atoms with van der Waals surface area (Å²) >= 11 is 0. The van der Waals surface area contributed by atoms with Crippen molar-refractivity contribution in [2.45, 2.75) is 66.0 Å². The summed E-state index contributed by atoms with van der Waals surface area (Å²) in [6.45, 7) is 11.1. The SMILES string of the molecule is CCCC(C)NC(=O)C(C)NCC(C)(C)CCO. The van der Waals surface area contributed by atoms with Gasteiger partial charge in [0.05, 0.1) is 6.04 Å². The first kappa shape index (κ1) is 17.4. The fourth-order valence-electron chi connectivity index (χ4n) is 1.79. The molecule has 0 bridgehead atoms. The van der Waals surface area contributed by atoms with Gasteiger partial charge in [-0.2, -0.15) is 0 Å². The zero-order valence-electron chi connectivity index (χ0n) is 12.5. The van der Waals surface area contributed by atoms with E-state index in [-0.39, 0.29) is 30.0 Å². The average Bonchev–Trinajstić information content (AvgIpc) is 2.26. The molecule has 0 saturated heterocycles. The Bertz CT molecular complexity index is 242. The van der Waals surface area contributed by atoms with Crippen LogP contribution < -0.4 is 10.6 Å². The van der Waals surface area contributed by atoms with Crippen LogP contribution in [0.2, 0.25) is 0 Å². The molecule has 0 aromatic carbocycles. The summed E-state index contributed by atoms with van der Waals surface area (Å²) in [6, 6.07) is 0.0412. The topological polar surface area (TPSA) is 61.4 Å². The van der Waals surface area contributed by atoms with E-state index in [1.165, 1.54) is 0 Å². The largest absolute Gasteiger partial charge is 0.396 e. The molecule has 0 spiro atoms. The highest BCUT2D eigenvalue weighted by atomic mass is 16.3. The Labute approximate surface area is 112 Å². The van der Waals surface area contributed by atoms with Gasteiger partial charge in [-0.15, -0.1) is 0 Å². The highest BCUT2D eigenvalue weighted by molar-refractivity contribution is 5.81. The Balaban J connectivity index is 4.01. The van der Waals surface area contributed by atoms with Gasteiger partial charge in [-0.05, 0) is 32.1 Å². The fraction of sp³-hybridized carbons (Fsp3) is 0.929. The predicted molar refractivity (Wildman–Crippen MR) is 75.5 cm³/mol. The first-order chi connectivity index (χ1) is 8.32. The third-order valence-electron chi connectivity index (χ3n) is 3.18. The van der Waals surface area contributed by atoms with Crippen molar-refractivity contribution in [3.63, 3.8) is 0 Å². The van der Waals surface area contributed by atoms with Crippen LogP contribution in [0, 0.1) is 5.41 Å². The quantitative estimate of drug-likeness (QED) is 0.589. The Morgan fingerprint density at radius 3 is 2.44 bits per heavy atom. The molecular weight excluding hydrogens is 228 g/mol. The number of carbonyl (C=O) groups is 1. The number of hydrogen-bond donors (Lipinski definition) is 3. The van der Waals surface area contributed by atoms with Crippen LogP contribution in [0.5, 0.6) is 0 Å². The van der Waals surface area contributed by atoms with Crippen LogP contribution in [-0.2, 0) is 4.79 Å². The molecule has 0 radical (unpaired) electrons. The standard InChI is InChI=1S/C14H30N2O2/c1-6-7-11(2)16-13(18)12(3)15-10-14(4,5)8-9-17/h11-12,15,17H,6-10H2,1-5H3,(H,16,18). The lowest BCUT2D eigenvalue weighted by Gasteiger charge is -2.26. The van der Waals surface area contributed by atoms with Crippen molar-refractivity contribution in [2.24, 2.45) is 5.41 Å². The molecule has 0 saturated carbocycles. The van der Waals surface area contributed by atoms with Crippen LogP contribution in [0.3, 0.4) is 0 Å². The van der Waals surface area contributed by atoms with Gasteiger partial charge in [-0.3, -0.25) is 4.79 Å². The van der Waals surface area contributed by atoms with E-state index >= 15 is 0 Å². The molecule has 2 atom stereocenters. The minimum Gasteiger partial charge on any atom is -0.396 e. The third-order valence-corrected chi connectivity index (χ3v) is 3.18. The van der Waals surface area contributed by atoms with Crippen LogP contribution in [0.4, 0.5) is 0 Å². The number of nitrogens with one attached hydrogen (secondary N) is 2. The molecule has 1 amide bonds. The summed E-state index contributed by atoms with van der Waals surface area (Å²) in [7, 11) is 0. The van der Waals surface area contributed by atoms with Crippen molar-refractivity contribution in [2.75, 3.05) is 13.2 Å². The van der Waals surface area contributed by atoms with Crippen molar-refractivity contribution < 1.29 is 9.90 Å². The van der Waals surface area contributed by atoms with Crippen molar-refractivity contribution in [3.8, 4) is 0 Å². The minimum absolute atomic E-state index is 0.0122. The smallest absolute Gasteiger partial charge is 0.237 e. The Hall–Kier alpha value is -0.610. The molecular formula is C14H30N2O2. The highest BCUT2D eigenvalue weighted by Gasteiger charge is 2.20. The number of carbonyl (C=O) groups excluding carboxylic acids is 1. The molecule has 0 rings (SSSR count). The second-order valence-electron chi connectivity index (χ2n) is 5.94. The van der Waals surface area contributed by atoms with Crippen molar-refractivity contribution >= 4 is 5.91 Å². The van der Waals surface area contributed by atoms with Crippen LogP contribution in [0.25, 0.3) is 0 Å². The van der Waals surface area contributed by atoms with Gasteiger partial charge in [0.1, 0.15) is 0 Å². The second kappa shape index (κ2) is 8.48. The van der Waals surface area contributed by atoms with Gasteiger partial charge < -0.3 is 15.7 Å². The Morgan fingerprint density at radius 1 is 1.33 bits per heavy atom. The van der Waals surface area contributed by atoms with Gasteiger partial charge in [-0.25, -0.2) is 0 Å². The number of rotatable bonds is 9. The summed E-state index contributed by atoms with van der Waals surface area (Å²) in [5.74, 6) is 0.0516. The van der Waals surface area contributed by atoms with Crippen molar-refractivity contribution in [1.29, 1.82) is 0 Å². The van der Waals surface area contributed by atoms with E-state index in [2.05, 4.69) is 31.4 Å². The van der Waals surface area contributed by atoms with E-state index in [9.17, 15) is 4.79 Å². The van der Waals surface area contributed by atoms with Crippen molar-refractivity contribution in [1.82, 2.24) is 10.6 Å². The number of amides is 1. The summed E-state index contributed by atoms with van der Waals surface area (Å²) in [6.07, 6.45) is 2.82. The van der Waals surface area contributed by atoms with Gasteiger partial charge in [0.15, 0.2) is 0 Å². The van der Waals surface area contributed by atoms with E-state index in [1.54, 1.807) is 0 Å². The summed E-state index contributed by atoms with van der Waals surface area (Å²) < 4.78 is 0. The van der Waals surface area contributed by atoms with Crippen LogP contribution in [0.1, 0.15) is 53.9 Å². The molecule has 0 aliphatic heterocycles. The predicted octanol–water partition coefficient (Wildman–Crippen LogP) is 1.68. The first-order valence-electron chi connectivity index (χ1n) is 6.97. The van der Waals surface area contributed by atoms with E-state index in [4.69, 9.17) is 5.11 Å². The highest BCUT2D eigenvalue weighted by Crippen LogP contribution is 2.18. The summed E-state index contributed by atoms with van der Waals surface area (Å²) in [5, 5.41) is 15.2. The second-order valence-corrected chi connectivity index (χ2v) is 5.94. The third kappa shape index (κ3) is 7.67. The zero-order chi connectivity index (χ0) is 14.2. The van der Waals surface area contributed by atoms with Crippen LogP contribution in [0.15, 0.2) is 0 Å². The molecule has 4 heteroatoms. The Kier molecular flexibility index (Phi) is 8.20. The molecule has 3 N–H and O–H groups in total. The zero-order valence-corrected chi connectivity index (χ0v) is 12.5. The summed E-state index contributed by atoms with van der Waals surface area (Å²) in [5.41, 5.74) is 0.0122. The van der Waals surface area contributed by atoms with Gasteiger partial charge in [0.2, 0.25) is 5.91 Å². The molecule has 108 valence electrons. The lowest BCUT2D eigenvalue weighted by atomic mass is 9.89. The van der Waals surface area contributed by atoms with E-state index < -0.39 is 0 Å². The molecule has 4 nitrogen and oxygen atoms in total. The van der Waals surface area contributed by atoms with Gasteiger partial charge >= 0.3 is 0 Å². The fourth-order valence-corrected chi connectivity index (χ4v) is 1.79. The van der Waals surface area contributed by atoms with Gasteiger partial charge in [0, 0.05) is 19.2 Å². The molecule has 0 heterocycles. The van der Waals surface area contributed by atoms with E-state index in [0.717, 1.165) is 25.8 Å². The van der Waals surface area contributed by atoms with Gasteiger partial charge in [-0.1, -0.05) is 27.2 Å². The number of hydrogen-bond acceptors (Lipinski definition) is 3. The number of aliphatic hydroxyl groups excluding tert-OH is 1. The maximum Gasteiger partial charge on any atom is 0.237 e. The van der Waals surface area contributed by atoms with Crippen LogP contribution in [-0.4, -0.2) is 36.2 Å². The maximum absolute atomic E-state index is 11.9. The molecule has 18 heavy (non-hydrogen) atoms. The lowest BCUT2D eigenvalue weighted by molar-refractivity contribution is -0.123. The molecule has 0 aliphatic rings. The molecule has 0 aromatic heterocycles. The molecule has 0 aromatic rings. The Morgan fingerprint density at radius 2 is 1.94 bits per heavy atom. The lowest BCUT2D eigenvalue weighted by Crippen LogP contribution is -2.47. The first-order valence-corrected chi connectivity index (χ1v) is 6.97. The molecule has 2 unspecified atom stereocenters. The molecule has 0 fully saturated rings. The number of aliphatic hydroxyl groups is 1. The van der Waals surface area contributed by atoms with E-state index in [1.807, 2.05) is 13.8 Å². The van der Waals surface area contributed by atoms with Crippen LogP contribution >= 0.6 is 0 Å². The molecule has 0 aliphatic carbocycles. The summed E-state index contributed by atoms with van der Waals surface area (Å²) in [4.78, 5) is 11.9. The monoisotopic (exact) mass is 258 g/mol. The average molecular weight is 258 g/mol. The maximum atomic E-state index is 11.9. The minimum atomic E-state index is -0.192. The van der Waals surface area contributed by atoms with Gasteiger partial charge in [0.25, 0.3) is 0 Å². The normalized spacial score (nSPS) is 15.2.